The smallest absolute Gasteiger partial charge is 0.291 e. The van der Waals surface area contributed by atoms with Crippen molar-refractivity contribution in [3.05, 3.63) is 41.2 Å². The van der Waals surface area contributed by atoms with Crippen LogP contribution in [0.2, 0.25) is 0 Å². The van der Waals surface area contributed by atoms with E-state index in [1.165, 1.54) is 30.4 Å². The van der Waals surface area contributed by atoms with Crippen LogP contribution < -0.4 is 10.6 Å². The number of hydrogen-bond donors (Lipinski definition) is 2. The molecule has 6 heteroatoms. The number of rotatable bonds is 4. The van der Waals surface area contributed by atoms with Gasteiger partial charge in [-0.15, -0.1) is 11.3 Å². The van der Waals surface area contributed by atoms with E-state index in [0.29, 0.717) is 9.88 Å². The summed E-state index contributed by atoms with van der Waals surface area (Å²) in [5.74, 6) is 0.632. The maximum absolute atomic E-state index is 12.3. The Morgan fingerprint density at radius 1 is 1.13 bits per heavy atom. The summed E-state index contributed by atoms with van der Waals surface area (Å²) < 4.78 is 5.04. The molecule has 122 valence electrons. The fourth-order valence-corrected chi connectivity index (χ4v) is 3.57. The normalized spacial score (nSPS) is 20.9. The summed E-state index contributed by atoms with van der Waals surface area (Å²) in [7, 11) is 0. The van der Waals surface area contributed by atoms with Crippen molar-refractivity contribution in [3.63, 3.8) is 0 Å². The van der Waals surface area contributed by atoms with Gasteiger partial charge in [-0.05, 0) is 55.9 Å². The van der Waals surface area contributed by atoms with Gasteiger partial charge in [0.05, 0.1) is 16.1 Å². The molecule has 2 heterocycles. The summed E-state index contributed by atoms with van der Waals surface area (Å²) in [4.78, 5) is 24.8. The number of furan rings is 1. The van der Waals surface area contributed by atoms with E-state index in [-0.39, 0.29) is 23.6 Å². The molecular formula is C17H20N2O3S. The predicted molar refractivity (Wildman–Crippen MR) is 89.9 cm³/mol. The Morgan fingerprint density at radius 2 is 1.91 bits per heavy atom. The summed E-state index contributed by atoms with van der Waals surface area (Å²) in [6, 6.07) is 7.00. The number of thiophene rings is 1. The number of nitrogens with one attached hydrogen (secondary N) is 2. The average molecular weight is 332 g/mol. The highest BCUT2D eigenvalue weighted by atomic mass is 32.1. The van der Waals surface area contributed by atoms with Gasteiger partial charge in [0.25, 0.3) is 11.8 Å². The molecule has 1 aliphatic carbocycles. The summed E-state index contributed by atoms with van der Waals surface area (Å²) in [6.07, 6.45) is 5.87. The molecule has 0 unspecified atom stereocenters. The van der Waals surface area contributed by atoms with Crippen LogP contribution in [0, 0.1) is 5.92 Å². The molecule has 0 saturated heterocycles. The summed E-state index contributed by atoms with van der Waals surface area (Å²) in [5, 5.41) is 6.46. The molecule has 2 N–H and O–H groups in total. The number of hydrogen-bond acceptors (Lipinski definition) is 4. The van der Waals surface area contributed by atoms with Crippen molar-refractivity contribution in [2.45, 2.75) is 38.6 Å². The van der Waals surface area contributed by atoms with Crippen LogP contribution in [0.3, 0.4) is 0 Å². The minimum atomic E-state index is -0.315. The fraction of sp³-hybridized carbons (Fsp3) is 0.412. The summed E-state index contributed by atoms with van der Waals surface area (Å²) in [6.45, 7) is 2.26. The van der Waals surface area contributed by atoms with Crippen molar-refractivity contribution in [1.29, 1.82) is 0 Å². The van der Waals surface area contributed by atoms with Gasteiger partial charge < -0.3 is 15.1 Å². The molecule has 0 radical (unpaired) electrons. The highest BCUT2D eigenvalue weighted by molar-refractivity contribution is 7.18. The molecule has 23 heavy (non-hydrogen) atoms. The Balaban J connectivity index is 1.56. The van der Waals surface area contributed by atoms with Crippen molar-refractivity contribution in [2.24, 2.45) is 5.92 Å². The highest BCUT2D eigenvalue weighted by Crippen LogP contribution is 2.26. The first-order valence-electron chi connectivity index (χ1n) is 7.87. The molecule has 5 nitrogen and oxygen atoms in total. The minimum absolute atomic E-state index is 0.0620. The van der Waals surface area contributed by atoms with Crippen LogP contribution in [-0.4, -0.2) is 17.9 Å². The number of amides is 2. The predicted octanol–water partition coefficient (Wildman–Crippen LogP) is 3.90. The number of carbonyl (C=O) groups is 2. The van der Waals surface area contributed by atoms with Gasteiger partial charge in [0, 0.05) is 6.04 Å². The molecule has 2 amide bonds. The Hall–Kier alpha value is -2.08. The lowest BCUT2D eigenvalue weighted by molar-refractivity contribution is 0.0926. The maximum atomic E-state index is 12.3. The fourth-order valence-electron chi connectivity index (χ4n) is 2.77. The molecule has 0 atom stereocenters. The average Bonchev–Trinajstić information content (AvgIpc) is 3.20. The van der Waals surface area contributed by atoms with Crippen LogP contribution in [-0.2, 0) is 0 Å². The van der Waals surface area contributed by atoms with Crippen LogP contribution in [0.15, 0.2) is 34.9 Å². The molecule has 0 aliphatic heterocycles. The van der Waals surface area contributed by atoms with Crippen molar-refractivity contribution >= 4 is 28.2 Å². The van der Waals surface area contributed by atoms with Gasteiger partial charge in [-0.2, -0.15) is 0 Å². The molecule has 2 aromatic heterocycles. The zero-order chi connectivity index (χ0) is 16.2. The van der Waals surface area contributed by atoms with Gasteiger partial charge in [-0.25, -0.2) is 0 Å². The van der Waals surface area contributed by atoms with Crippen LogP contribution >= 0.6 is 11.3 Å². The number of anilines is 1. The van der Waals surface area contributed by atoms with E-state index in [0.717, 1.165) is 18.8 Å². The lowest BCUT2D eigenvalue weighted by Crippen LogP contribution is -2.36. The largest absolute Gasteiger partial charge is 0.459 e. The van der Waals surface area contributed by atoms with E-state index in [4.69, 9.17) is 4.42 Å². The molecule has 3 rings (SSSR count). The Morgan fingerprint density at radius 3 is 2.61 bits per heavy atom. The molecular weight excluding hydrogens is 312 g/mol. The zero-order valence-corrected chi connectivity index (χ0v) is 13.8. The molecule has 1 saturated carbocycles. The SMILES string of the molecule is CC1CCC(NC(=O)c2ccc(NC(=O)c3ccco3)s2)CC1. The van der Waals surface area contributed by atoms with Crippen molar-refractivity contribution in [2.75, 3.05) is 5.32 Å². The van der Waals surface area contributed by atoms with Gasteiger partial charge in [-0.1, -0.05) is 6.92 Å². The topological polar surface area (TPSA) is 71.3 Å². The van der Waals surface area contributed by atoms with E-state index in [1.807, 2.05) is 0 Å². The van der Waals surface area contributed by atoms with E-state index >= 15 is 0 Å². The van der Waals surface area contributed by atoms with E-state index < -0.39 is 0 Å². The molecule has 0 aromatic carbocycles. The zero-order valence-electron chi connectivity index (χ0n) is 13.0. The first-order chi connectivity index (χ1) is 11.1. The van der Waals surface area contributed by atoms with Gasteiger partial charge in [0.1, 0.15) is 0 Å². The van der Waals surface area contributed by atoms with Crippen LogP contribution in [0.1, 0.15) is 52.8 Å². The third-order valence-corrected chi connectivity index (χ3v) is 5.16. The first kappa shape index (κ1) is 15.8. The van der Waals surface area contributed by atoms with Crippen molar-refractivity contribution in [3.8, 4) is 0 Å². The second-order valence-corrected chi connectivity index (χ2v) is 7.11. The third kappa shape index (κ3) is 4.01. The summed E-state index contributed by atoms with van der Waals surface area (Å²) >= 11 is 1.27. The van der Waals surface area contributed by atoms with Crippen LogP contribution in [0.5, 0.6) is 0 Å². The molecule has 0 spiro atoms. The second kappa shape index (κ2) is 7.00. The summed E-state index contributed by atoms with van der Waals surface area (Å²) in [5.41, 5.74) is 0. The van der Waals surface area contributed by atoms with Crippen LogP contribution in [0.25, 0.3) is 0 Å². The van der Waals surface area contributed by atoms with E-state index in [9.17, 15) is 9.59 Å². The van der Waals surface area contributed by atoms with Gasteiger partial charge in [-0.3, -0.25) is 9.59 Å². The molecule has 2 aromatic rings. The van der Waals surface area contributed by atoms with Crippen LogP contribution in [0.4, 0.5) is 5.00 Å². The van der Waals surface area contributed by atoms with Gasteiger partial charge in [0.15, 0.2) is 5.76 Å². The van der Waals surface area contributed by atoms with Gasteiger partial charge in [0.2, 0.25) is 0 Å². The Kier molecular flexibility index (Phi) is 4.81. The van der Waals surface area contributed by atoms with E-state index in [2.05, 4.69) is 17.6 Å². The maximum Gasteiger partial charge on any atom is 0.291 e. The quantitative estimate of drug-likeness (QED) is 0.892. The highest BCUT2D eigenvalue weighted by Gasteiger charge is 2.21. The lowest BCUT2D eigenvalue weighted by Gasteiger charge is -2.26. The van der Waals surface area contributed by atoms with Crippen molar-refractivity contribution in [1.82, 2.24) is 5.32 Å². The molecule has 1 fully saturated rings. The molecule has 1 aliphatic rings. The number of carbonyl (C=O) groups excluding carboxylic acids is 2. The van der Waals surface area contributed by atoms with Gasteiger partial charge >= 0.3 is 0 Å². The Bertz CT molecular complexity index is 670. The van der Waals surface area contributed by atoms with Crippen molar-refractivity contribution < 1.29 is 14.0 Å². The third-order valence-electron chi connectivity index (χ3n) is 4.16. The Labute approximate surface area is 139 Å². The minimum Gasteiger partial charge on any atom is -0.459 e. The van der Waals surface area contributed by atoms with E-state index in [1.54, 1.807) is 24.3 Å². The standard InChI is InChI=1S/C17H20N2O3S/c1-11-4-6-12(7-5-11)18-17(21)14-8-9-15(23-14)19-16(20)13-3-2-10-22-13/h2-3,8-12H,4-7H2,1H3,(H,18,21)(H,19,20). The molecule has 0 bridgehead atoms. The second-order valence-electron chi connectivity index (χ2n) is 6.03. The lowest BCUT2D eigenvalue weighted by atomic mass is 9.87. The first-order valence-corrected chi connectivity index (χ1v) is 8.69. The monoisotopic (exact) mass is 332 g/mol.